The third-order valence-corrected chi connectivity index (χ3v) is 6.18. The molecule has 0 saturated carbocycles. The average Bonchev–Trinajstić information content (AvgIpc) is 2.76. The van der Waals surface area contributed by atoms with Gasteiger partial charge in [0.05, 0.1) is 10.6 Å². The van der Waals surface area contributed by atoms with E-state index in [1.165, 1.54) is 6.07 Å². The molecule has 0 fully saturated rings. The highest BCUT2D eigenvalue weighted by Gasteiger charge is 2.18. The van der Waals surface area contributed by atoms with E-state index < -0.39 is 10.0 Å². The first-order valence-electron chi connectivity index (χ1n) is 5.47. The highest BCUT2D eigenvalue weighted by Crippen LogP contribution is 2.26. The number of nitrogens with two attached hydrogens (primary N) is 1. The van der Waals surface area contributed by atoms with Crippen LogP contribution in [0.1, 0.15) is 10.4 Å². The summed E-state index contributed by atoms with van der Waals surface area (Å²) in [5.41, 5.74) is 6.94. The van der Waals surface area contributed by atoms with E-state index in [-0.39, 0.29) is 9.20 Å². The molecule has 0 amide bonds. The number of hydrogen-bond donors (Lipinski definition) is 2. The molecule has 20 heavy (non-hydrogen) atoms. The zero-order valence-electron chi connectivity index (χ0n) is 10.4. The topological polar surface area (TPSA) is 72.2 Å². The van der Waals surface area contributed by atoms with Crippen LogP contribution in [0.5, 0.6) is 0 Å². The number of thiophene rings is 1. The van der Waals surface area contributed by atoms with Gasteiger partial charge in [-0.2, -0.15) is 0 Å². The van der Waals surface area contributed by atoms with Crippen molar-refractivity contribution in [3.8, 4) is 0 Å². The molecule has 4 nitrogen and oxygen atoms in total. The van der Waals surface area contributed by atoms with Gasteiger partial charge in [-0.15, -0.1) is 11.3 Å². The van der Waals surface area contributed by atoms with Crippen LogP contribution >= 0.6 is 39.5 Å². The highest BCUT2D eigenvalue weighted by molar-refractivity contribution is 9.10. The lowest BCUT2D eigenvalue weighted by atomic mass is 10.2. The van der Waals surface area contributed by atoms with E-state index in [0.717, 1.165) is 21.4 Å². The lowest BCUT2D eigenvalue weighted by molar-refractivity contribution is 0.603. The normalized spacial score (nSPS) is 11.3. The van der Waals surface area contributed by atoms with Gasteiger partial charge in [-0.1, -0.05) is 28.1 Å². The van der Waals surface area contributed by atoms with E-state index in [1.54, 1.807) is 18.2 Å². The van der Waals surface area contributed by atoms with Crippen molar-refractivity contribution in [1.82, 2.24) is 0 Å². The molecule has 0 aliphatic rings. The molecule has 3 N–H and O–H groups in total. The summed E-state index contributed by atoms with van der Waals surface area (Å²) < 4.78 is 28.0. The Morgan fingerprint density at radius 1 is 1.35 bits per heavy atom. The summed E-state index contributed by atoms with van der Waals surface area (Å²) in [7, 11) is -3.63. The number of aryl methyl sites for hydroxylation is 1. The van der Waals surface area contributed by atoms with E-state index in [0.29, 0.717) is 10.6 Å². The van der Waals surface area contributed by atoms with Crippen LogP contribution in [0.25, 0.3) is 0 Å². The average molecular weight is 391 g/mol. The maximum Gasteiger partial charge on any atom is 0.271 e. The van der Waals surface area contributed by atoms with E-state index in [2.05, 4.69) is 20.7 Å². The zero-order valence-corrected chi connectivity index (χ0v) is 14.4. The summed E-state index contributed by atoms with van der Waals surface area (Å²) >= 11 is 9.21. The second-order valence-electron chi connectivity index (χ2n) is 4.11. The number of sulfonamides is 1. The first-order valence-corrected chi connectivity index (χ1v) is 8.98. The molecule has 0 bridgehead atoms. The van der Waals surface area contributed by atoms with Gasteiger partial charge in [0.2, 0.25) is 0 Å². The Bertz CT molecular complexity index is 749. The molecule has 1 heterocycles. The Labute approximate surface area is 135 Å². The van der Waals surface area contributed by atoms with Crippen molar-refractivity contribution in [2.75, 3.05) is 4.72 Å². The van der Waals surface area contributed by atoms with Gasteiger partial charge in [0.15, 0.2) is 0 Å². The first-order chi connectivity index (χ1) is 9.28. The van der Waals surface area contributed by atoms with Gasteiger partial charge in [-0.05, 0) is 42.8 Å². The lowest BCUT2D eigenvalue weighted by Crippen LogP contribution is -2.11. The second kappa shape index (κ2) is 5.80. The van der Waals surface area contributed by atoms with Crippen LogP contribution in [-0.2, 0) is 10.0 Å². The van der Waals surface area contributed by atoms with Crippen molar-refractivity contribution < 1.29 is 8.42 Å². The van der Waals surface area contributed by atoms with Gasteiger partial charge in [0.25, 0.3) is 10.0 Å². The fourth-order valence-corrected chi connectivity index (χ4v) is 4.60. The summed E-state index contributed by atoms with van der Waals surface area (Å²) in [6.45, 7) is 1.89. The minimum absolute atomic E-state index is 0.179. The van der Waals surface area contributed by atoms with Crippen molar-refractivity contribution >= 4 is 60.2 Å². The number of thiocarbonyl (C=S) groups is 1. The van der Waals surface area contributed by atoms with Gasteiger partial charge in [-0.3, -0.25) is 4.72 Å². The standard InChI is InChI=1S/C12H11BrN2O2S3/c1-7-4-8(13)6-9(5-7)15-20(16,17)11-3-2-10(19-11)12(14)18/h2-6,15H,1H3,(H2,14,18). The summed E-state index contributed by atoms with van der Waals surface area (Å²) in [5.74, 6) is 0. The Balaban J connectivity index is 2.32. The Morgan fingerprint density at radius 3 is 2.60 bits per heavy atom. The minimum atomic E-state index is -3.63. The van der Waals surface area contributed by atoms with E-state index in [1.807, 2.05) is 13.0 Å². The molecule has 0 radical (unpaired) electrons. The number of halogens is 1. The maximum atomic E-state index is 12.3. The summed E-state index contributed by atoms with van der Waals surface area (Å²) in [4.78, 5) is 0.764. The van der Waals surface area contributed by atoms with Gasteiger partial charge in [0, 0.05) is 4.47 Å². The van der Waals surface area contributed by atoms with Crippen LogP contribution in [0.4, 0.5) is 5.69 Å². The third-order valence-electron chi connectivity index (χ3n) is 2.38. The Hall–Kier alpha value is -0.960. The molecule has 0 saturated heterocycles. The molecular formula is C12H11BrN2O2S3. The van der Waals surface area contributed by atoms with Crippen LogP contribution < -0.4 is 10.5 Å². The highest BCUT2D eigenvalue weighted by atomic mass is 79.9. The van der Waals surface area contributed by atoms with E-state index in [4.69, 9.17) is 18.0 Å². The Morgan fingerprint density at radius 2 is 2.05 bits per heavy atom. The fourth-order valence-electron chi connectivity index (χ4n) is 1.60. The molecule has 0 aliphatic carbocycles. The zero-order chi connectivity index (χ0) is 14.9. The minimum Gasteiger partial charge on any atom is -0.389 e. The second-order valence-corrected chi connectivity index (χ2v) is 8.45. The van der Waals surface area contributed by atoms with Crippen LogP contribution in [0, 0.1) is 6.92 Å². The van der Waals surface area contributed by atoms with Gasteiger partial charge in [0.1, 0.15) is 9.20 Å². The number of hydrogen-bond acceptors (Lipinski definition) is 4. The molecule has 0 aliphatic heterocycles. The van der Waals surface area contributed by atoms with Crippen LogP contribution in [0.3, 0.4) is 0 Å². The molecule has 2 aromatic rings. The third kappa shape index (κ3) is 3.57. The van der Waals surface area contributed by atoms with Crippen molar-refractivity contribution in [2.24, 2.45) is 5.73 Å². The molecule has 1 aromatic heterocycles. The smallest absolute Gasteiger partial charge is 0.271 e. The summed E-state index contributed by atoms with van der Waals surface area (Å²) in [5, 5.41) is 0. The Kier molecular flexibility index (Phi) is 4.48. The number of benzene rings is 1. The summed E-state index contributed by atoms with van der Waals surface area (Å²) in [6.07, 6.45) is 0. The van der Waals surface area contributed by atoms with E-state index in [9.17, 15) is 8.42 Å². The molecule has 0 atom stereocenters. The largest absolute Gasteiger partial charge is 0.389 e. The van der Waals surface area contributed by atoms with Gasteiger partial charge >= 0.3 is 0 Å². The van der Waals surface area contributed by atoms with E-state index >= 15 is 0 Å². The number of nitrogens with one attached hydrogen (secondary N) is 1. The van der Waals surface area contributed by atoms with Gasteiger partial charge in [-0.25, -0.2) is 8.42 Å². The van der Waals surface area contributed by atoms with Crippen molar-refractivity contribution in [1.29, 1.82) is 0 Å². The predicted octanol–water partition coefficient (Wildman–Crippen LogP) is 3.25. The van der Waals surface area contributed by atoms with Crippen LogP contribution in [0.15, 0.2) is 39.0 Å². The predicted molar refractivity (Wildman–Crippen MR) is 89.9 cm³/mol. The molecule has 106 valence electrons. The quantitative estimate of drug-likeness (QED) is 0.785. The van der Waals surface area contributed by atoms with Crippen molar-refractivity contribution in [3.05, 3.63) is 45.2 Å². The SMILES string of the molecule is Cc1cc(Br)cc(NS(=O)(=O)c2ccc(C(N)=S)s2)c1. The number of rotatable bonds is 4. The molecule has 8 heteroatoms. The molecule has 1 aromatic carbocycles. The monoisotopic (exact) mass is 390 g/mol. The molecular weight excluding hydrogens is 380 g/mol. The van der Waals surface area contributed by atoms with Gasteiger partial charge < -0.3 is 5.73 Å². The van der Waals surface area contributed by atoms with Crippen LogP contribution in [-0.4, -0.2) is 13.4 Å². The molecule has 2 rings (SSSR count). The maximum absolute atomic E-state index is 12.3. The fraction of sp³-hybridized carbons (Fsp3) is 0.0833. The lowest BCUT2D eigenvalue weighted by Gasteiger charge is -2.07. The first kappa shape index (κ1) is 15.4. The van der Waals surface area contributed by atoms with Crippen molar-refractivity contribution in [3.63, 3.8) is 0 Å². The molecule has 0 unspecified atom stereocenters. The molecule has 0 spiro atoms. The van der Waals surface area contributed by atoms with Crippen molar-refractivity contribution in [2.45, 2.75) is 11.1 Å². The summed E-state index contributed by atoms with van der Waals surface area (Å²) in [6, 6.07) is 8.45. The number of anilines is 1. The van der Waals surface area contributed by atoms with Crippen LogP contribution in [0.2, 0.25) is 0 Å².